The summed E-state index contributed by atoms with van der Waals surface area (Å²) in [6.07, 6.45) is 3.61. The van der Waals surface area contributed by atoms with E-state index in [-0.39, 0.29) is 0 Å². The van der Waals surface area contributed by atoms with Crippen molar-refractivity contribution in [3.8, 4) is 5.75 Å². The van der Waals surface area contributed by atoms with Gasteiger partial charge in [0.05, 0.1) is 18.2 Å². The summed E-state index contributed by atoms with van der Waals surface area (Å²) in [6.45, 7) is 0. The number of rotatable bonds is 2. The SMILES string of the molecule is COc1ccn2ccc(C(N)=O)c2c1. The zero-order chi connectivity index (χ0) is 10.1. The quantitative estimate of drug-likeness (QED) is 0.769. The molecule has 0 aliphatic carbocycles. The number of fused-ring (bicyclic) bond motifs is 1. The second kappa shape index (κ2) is 3.06. The van der Waals surface area contributed by atoms with Crippen molar-refractivity contribution >= 4 is 11.4 Å². The number of ether oxygens (including phenoxy) is 1. The molecule has 0 spiro atoms. The summed E-state index contributed by atoms with van der Waals surface area (Å²) in [5, 5.41) is 0. The van der Waals surface area contributed by atoms with Gasteiger partial charge in [0.15, 0.2) is 0 Å². The van der Waals surface area contributed by atoms with Crippen molar-refractivity contribution < 1.29 is 9.53 Å². The molecule has 0 saturated heterocycles. The molecule has 0 aliphatic rings. The molecule has 2 rings (SSSR count). The van der Waals surface area contributed by atoms with Gasteiger partial charge in [-0.15, -0.1) is 0 Å². The Hall–Kier alpha value is -1.97. The first-order chi connectivity index (χ1) is 6.72. The van der Waals surface area contributed by atoms with Gasteiger partial charge < -0.3 is 14.9 Å². The van der Waals surface area contributed by atoms with E-state index in [0.29, 0.717) is 11.3 Å². The van der Waals surface area contributed by atoms with E-state index in [9.17, 15) is 4.79 Å². The number of hydrogen-bond acceptors (Lipinski definition) is 2. The van der Waals surface area contributed by atoms with Crippen molar-refractivity contribution in [1.29, 1.82) is 0 Å². The number of amides is 1. The first-order valence-electron chi connectivity index (χ1n) is 4.17. The van der Waals surface area contributed by atoms with Crippen LogP contribution in [-0.4, -0.2) is 17.4 Å². The van der Waals surface area contributed by atoms with Crippen molar-refractivity contribution in [2.75, 3.05) is 7.11 Å². The molecule has 14 heavy (non-hydrogen) atoms. The van der Waals surface area contributed by atoms with Crippen LogP contribution >= 0.6 is 0 Å². The molecule has 0 fully saturated rings. The third kappa shape index (κ3) is 1.21. The smallest absolute Gasteiger partial charge is 0.250 e. The molecule has 2 N–H and O–H groups in total. The second-order valence-electron chi connectivity index (χ2n) is 2.95. The molecule has 0 unspecified atom stereocenters. The molecule has 0 aliphatic heterocycles. The fraction of sp³-hybridized carbons (Fsp3) is 0.100. The third-order valence-corrected chi connectivity index (χ3v) is 2.14. The number of carbonyl (C=O) groups is 1. The Bertz CT molecular complexity index is 488. The van der Waals surface area contributed by atoms with Crippen LogP contribution in [0.15, 0.2) is 30.6 Å². The Balaban J connectivity index is 2.69. The van der Waals surface area contributed by atoms with Gasteiger partial charge >= 0.3 is 0 Å². The van der Waals surface area contributed by atoms with Gasteiger partial charge in [-0.3, -0.25) is 4.79 Å². The number of carbonyl (C=O) groups excluding carboxylic acids is 1. The number of pyridine rings is 1. The van der Waals surface area contributed by atoms with Crippen LogP contribution in [0.3, 0.4) is 0 Å². The molecule has 0 saturated carbocycles. The van der Waals surface area contributed by atoms with E-state index in [1.165, 1.54) is 0 Å². The molecule has 0 aromatic carbocycles. The summed E-state index contributed by atoms with van der Waals surface area (Å²) in [7, 11) is 1.58. The van der Waals surface area contributed by atoms with E-state index in [2.05, 4.69) is 0 Å². The minimum atomic E-state index is -0.430. The first-order valence-corrected chi connectivity index (χ1v) is 4.17. The summed E-state index contributed by atoms with van der Waals surface area (Å²) < 4.78 is 6.88. The Morgan fingerprint density at radius 3 is 2.79 bits per heavy atom. The van der Waals surface area contributed by atoms with E-state index in [1.807, 2.05) is 16.7 Å². The maximum atomic E-state index is 11.0. The second-order valence-corrected chi connectivity index (χ2v) is 2.95. The Morgan fingerprint density at radius 1 is 1.43 bits per heavy atom. The van der Waals surface area contributed by atoms with Gasteiger partial charge in [-0.25, -0.2) is 0 Å². The topological polar surface area (TPSA) is 56.7 Å². The minimum absolute atomic E-state index is 0.430. The van der Waals surface area contributed by atoms with E-state index in [1.54, 1.807) is 25.4 Å². The molecule has 1 amide bonds. The van der Waals surface area contributed by atoms with Crippen LogP contribution in [0.5, 0.6) is 5.75 Å². The molecule has 2 aromatic heterocycles. The molecular formula is C10H10N2O2. The zero-order valence-electron chi connectivity index (χ0n) is 7.73. The van der Waals surface area contributed by atoms with Gasteiger partial charge in [-0.2, -0.15) is 0 Å². The van der Waals surface area contributed by atoms with Gasteiger partial charge in [-0.1, -0.05) is 0 Å². The number of primary amides is 1. The van der Waals surface area contributed by atoms with Crippen molar-refractivity contribution in [2.45, 2.75) is 0 Å². The summed E-state index contributed by atoms with van der Waals surface area (Å²) >= 11 is 0. The summed E-state index contributed by atoms with van der Waals surface area (Å²) in [6, 6.07) is 5.29. The zero-order valence-corrected chi connectivity index (χ0v) is 7.73. The number of nitrogens with zero attached hydrogens (tertiary/aromatic N) is 1. The highest BCUT2D eigenvalue weighted by molar-refractivity contribution is 6.00. The van der Waals surface area contributed by atoms with Gasteiger partial charge in [0.1, 0.15) is 5.75 Å². The third-order valence-electron chi connectivity index (χ3n) is 2.14. The standard InChI is InChI=1S/C10H10N2O2/c1-14-7-2-4-12-5-3-8(10(11)13)9(12)6-7/h2-6H,1H3,(H2,11,13). The van der Waals surface area contributed by atoms with Crippen LogP contribution in [0.1, 0.15) is 10.4 Å². The highest BCUT2D eigenvalue weighted by Crippen LogP contribution is 2.18. The van der Waals surface area contributed by atoms with Crippen molar-refractivity contribution in [3.05, 3.63) is 36.2 Å². The summed E-state index contributed by atoms with van der Waals surface area (Å²) in [5.74, 6) is 0.277. The highest BCUT2D eigenvalue weighted by atomic mass is 16.5. The van der Waals surface area contributed by atoms with Gasteiger partial charge in [0, 0.05) is 18.5 Å². The van der Waals surface area contributed by atoms with Crippen LogP contribution in [0.25, 0.3) is 5.52 Å². The lowest BCUT2D eigenvalue weighted by Gasteiger charge is -2.01. The monoisotopic (exact) mass is 190 g/mol. The van der Waals surface area contributed by atoms with Crippen molar-refractivity contribution in [3.63, 3.8) is 0 Å². The molecule has 2 heterocycles. The van der Waals surface area contributed by atoms with Crippen LogP contribution in [0.2, 0.25) is 0 Å². The maximum absolute atomic E-state index is 11.0. The van der Waals surface area contributed by atoms with Gasteiger partial charge in [0.2, 0.25) is 0 Å². The Kier molecular flexibility index (Phi) is 1.89. The molecule has 72 valence electrons. The number of nitrogens with two attached hydrogens (primary N) is 1. The van der Waals surface area contributed by atoms with Crippen LogP contribution in [-0.2, 0) is 0 Å². The molecule has 0 bridgehead atoms. The summed E-state index contributed by atoms with van der Waals surface area (Å²) in [4.78, 5) is 11.0. The van der Waals surface area contributed by atoms with E-state index < -0.39 is 5.91 Å². The van der Waals surface area contributed by atoms with E-state index >= 15 is 0 Å². The van der Waals surface area contributed by atoms with Crippen molar-refractivity contribution in [1.82, 2.24) is 4.40 Å². The van der Waals surface area contributed by atoms with E-state index in [0.717, 1.165) is 5.52 Å². The largest absolute Gasteiger partial charge is 0.497 e. The normalized spacial score (nSPS) is 10.4. The average molecular weight is 190 g/mol. The number of aromatic nitrogens is 1. The Labute approximate surface area is 80.9 Å². The number of methoxy groups -OCH3 is 1. The van der Waals surface area contributed by atoms with E-state index in [4.69, 9.17) is 10.5 Å². The molecule has 0 atom stereocenters. The molecule has 4 heteroatoms. The fourth-order valence-corrected chi connectivity index (χ4v) is 1.41. The molecular weight excluding hydrogens is 180 g/mol. The van der Waals surface area contributed by atoms with Crippen LogP contribution in [0.4, 0.5) is 0 Å². The minimum Gasteiger partial charge on any atom is -0.497 e. The average Bonchev–Trinajstić information content (AvgIpc) is 2.59. The van der Waals surface area contributed by atoms with Crippen LogP contribution < -0.4 is 10.5 Å². The van der Waals surface area contributed by atoms with Crippen molar-refractivity contribution in [2.24, 2.45) is 5.73 Å². The van der Waals surface area contributed by atoms with Gasteiger partial charge in [-0.05, 0) is 12.1 Å². The lowest BCUT2D eigenvalue weighted by atomic mass is 10.2. The maximum Gasteiger partial charge on any atom is 0.250 e. The molecule has 2 aromatic rings. The highest BCUT2D eigenvalue weighted by Gasteiger charge is 2.07. The molecule has 4 nitrogen and oxygen atoms in total. The Morgan fingerprint density at radius 2 is 2.14 bits per heavy atom. The fourth-order valence-electron chi connectivity index (χ4n) is 1.41. The lowest BCUT2D eigenvalue weighted by molar-refractivity contribution is 0.100. The predicted molar refractivity (Wildman–Crippen MR) is 52.5 cm³/mol. The summed E-state index contributed by atoms with van der Waals surface area (Å²) in [5.41, 5.74) is 6.49. The van der Waals surface area contributed by atoms with Crippen LogP contribution in [0, 0.1) is 0 Å². The van der Waals surface area contributed by atoms with Gasteiger partial charge in [0.25, 0.3) is 5.91 Å². The predicted octanol–water partition coefficient (Wildman–Crippen LogP) is 1.05. The lowest BCUT2D eigenvalue weighted by Crippen LogP contribution is -2.10. The number of hydrogen-bond donors (Lipinski definition) is 1. The molecule has 0 radical (unpaired) electrons. The first kappa shape index (κ1) is 8.62.